The Hall–Kier alpha value is -1.23. The predicted octanol–water partition coefficient (Wildman–Crippen LogP) is 5.78. The summed E-state index contributed by atoms with van der Waals surface area (Å²) in [4.78, 5) is 12.3. The molecule has 3 nitrogen and oxygen atoms in total. The molecule has 0 saturated heterocycles. The van der Waals surface area contributed by atoms with Crippen molar-refractivity contribution in [1.29, 1.82) is 0 Å². The summed E-state index contributed by atoms with van der Waals surface area (Å²) in [6.45, 7) is 5.61. The average Bonchev–Trinajstić information content (AvgIpc) is 2.50. The fourth-order valence-electron chi connectivity index (χ4n) is 1.97. The van der Waals surface area contributed by atoms with Crippen molar-refractivity contribution >= 4 is 50.7 Å². The highest BCUT2D eigenvalue weighted by Gasteiger charge is 2.18. The van der Waals surface area contributed by atoms with E-state index in [9.17, 15) is 4.79 Å². The van der Waals surface area contributed by atoms with Gasteiger partial charge in [0.1, 0.15) is 5.75 Å². The van der Waals surface area contributed by atoms with E-state index in [0.29, 0.717) is 15.8 Å². The van der Waals surface area contributed by atoms with Crippen LogP contribution in [0.15, 0.2) is 34.8 Å². The molecule has 1 atom stereocenters. The van der Waals surface area contributed by atoms with Gasteiger partial charge in [-0.25, -0.2) is 0 Å². The third-order valence-electron chi connectivity index (χ3n) is 3.55. The van der Waals surface area contributed by atoms with Crippen molar-refractivity contribution in [2.75, 3.05) is 5.32 Å². The van der Waals surface area contributed by atoms with Gasteiger partial charge in [0, 0.05) is 15.2 Å². The lowest BCUT2D eigenvalue weighted by molar-refractivity contribution is -0.122. The van der Waals surface area contributed by atoms with E-state index in [1.54, 1.807) is 25.1 Å². The van der Waals surface area contributed by atoms with Gasteiger partial charge in [-0.05, 0) is 62.2 Å². The minimum Gasteiger partial charge on any atom is -0.479 e. The number of carbonyl (C=O) groups is 1. The number of halogens is 3. The van der Waals surface area contributed by atoms with E-state index in [2.05, 4.69) is 21.2 Å². The second-order valence-electron chi connectivity index (χ2n) is 5.17. The Labute approximate surface area is 154 Å². The molecule has 1 N–H and O–H groups in total. The van der Waals surface area contributed by atoms with E-state index in [1.807, 2.05) is 26.0 Å². The molecule has 0 saturated carbocycles. The van der Waals surface area contributed by atoms with E-state index in [1.165, 1.54) is 0 Å². The first-order valence-corrected chi connectivity index (χ1v) is 8.52. The lowest BCUT2D eigenvalue weighted by atomic mass is 10.1. The molecule has 0 aliphatic carbocycles. The molecule has 23 heavy (non-hydrogen) atoms. The number of rotatable bonds is 4. The van der Waals surface area contributed by atoms with E-state index < -0.39 is 6.10 Å². The van der Waals surface area contributed by atoms with Crippen molar-refractivity contribution in [2.45, 2.75) is 26.9 Å². The molecule has 0 radical (unpaired) electrons. The van der Waals surface area contributed by atoms with E-state index in [-0.39, 0.29) is 5.91 Å². The zero-order valence-corrected chi connectivity index (χ0v) is 16.0. The zero-order valence-electron chi connectivity index (χ0n) is 12.9. The maximum atomic E-state index is 12.3. The minimum atomic E-state index is -0.697. The lowest BCUT2D eigenvalue weighted by Gasteiger charge is -2.17. The Morgan fingerprint density at radius 3 is 2.52 bits per heavy atom. The van der Waals surface area contributed by atoms with E-state index in [0.717, 1.165) is 21.3 Å². The van der Waals surface area contributed by atoms with Crippen LogP contribution in [0.1, 0.15) is 18.1 Å². The topological polar surface area (TPSA) is 38.3 Å². The van der Waals surface area contributed by atoms with E-state index in [4.69, 9.17) is 27.9 Å². The third-order valence-corrected chi connectivity index (χ3v) is 4.94. The van der Waals surface area contributed by atoms with Crippen LogP contribution in [0.5, 0.6) is 5.75 Å². The number of ether oxygens (including phenoxy) is 1. The standard InChI is InChI=1S/C17H16BrCl2NO2/c1-9-10(2)15(6-5-13(9)18)21-17(22)11(3)23-16-7-4-12(19)8-14(16)20/h4-8,11H,1-3H3,(H,21,22)/t11-/m1/s1. The van der Waals surface area contributed by atoms with Crippen molar-refractivity contribution in [3.63, 3.8) is 0 Å². The molecule has 0 aliphatic heterocycles. The van der Waals surface area contributed by atoms with Gasteiger partial charge >= 0.3 is 0 Å². The van der Waals surface area contributed by atoms with Crippen molar-refractivity contribution in [3.8, 4) is 5.75 Å². The highest BCUT2D eigenvalue weighted by Crippen LogP contribution is 2.29. The molecule has 0 unspecified atom stereocenters. The Morgan fingerprint density at radius 2 is 1.87 bits per heavy atom. The molecular formula is C17H16BrCl2NO2. The summed E-state index contributed by atoms with van der Waals surface area (Å²) in [6.07, 6.45) is -0.697. The van der Waals surface area contributed by atoms with Gasteiger partial charge in [-0.3, -0.25) is 4.79 Å². The van der Waals surface area contributed by atoms with Crippen LogP contribution in [0.2, 0.25) is 10.0 Å². The molecule has 2 aromatic carbocycles. The Balaban J connectivity index is 2.10. The van der Waals surface area contributed by atoms with Gasteiger partial charge < -0.3 is 10.1 Å². The summed E-state index contributed by atoms with van der Waals surface area (Å²) in [5, 5.41) is 3.76. The smallest absolute Gasteiger partial charge is 0.265 e. The highest BCUT2D eigenvalue weighted by atomic mass is 79.9. The van der Waals surface area contributed by atoms with Crippen LogP contribution in [0.25, 0.3) is 0 Å². The van der Waals surface area contributed by atoms with E-state index >= 15 is 0 Å². The summed E-state index contributed by atoms with van der Waals surface area (Å²) < 4.78 is 6.62. The normalized spacial score (nSPS) is 11.9. The highest BCUT2D eigenvalue weighted by molar-refractivity contribution is 9.10. The summed E-state index contributed by atoms with van der Waals surface area (Å²) in [5.74, 6) is 0.170. The molecular weight excluding hydrogens is 401 g/mol. The molecule has 0 spiro atoms. The van der Waals surface area contributed by atoms with Crippen molar-refractivity contribution in [3.05, 3.63) is 56.0 Å². The van der Waals surface area contributed by atoms with Crippen LogP contribution in [0.3, 0.4) is 0 Å². The Bertz CT molecular complexity index is 750. The van der Waals surface area contributed by atoms with Gasteiger partial charge in [-0.15, -0.1) is 0 Å². The van der Waals surface area contributed by atoms with Crippen molar-refractivity contribution in [2.24, 2.45) is 0 Å². The second kappa shape index (κ2) is 7.56. The van der Waals surface area contributed by atoms with Crippen LogP contribution in [-0.2, 0) is 4.79 Å². The van der Waals surface area contributed by atoms with Crippen LogP contribution in [0.4, 0.5) is 5.69 Å². The van der Waals surface area contributed by atoms with Gasteiger partial charge in [0.2, 0.25) is 0 Å². The fourth-order valence-corrected chi connectivity index (χ4v) is 2.85. The summed E-state index contributed by atoms with van der Waals surface area (Å²) in [7, 11) is 0. The van der Waals surface area contributed by atoms with Crippen LogP contribution < -0.4 is 10.1 Å². The average molecular weight is 417 g/mol. The fraction of sp³-hybridized carbons (Fsp3) is 0.235. The Kier molecular flexibility index (Phi) is 5.95. The number of hydrogen-bond donors (Lipinski definition) is 1. The molecule has 0 bridgehead atoms. The monoisotopic (exact) mass is 415 g/mol. The van der Waals surface area contributed by atoms with Gasteiger partial charge in [-0.1, -0.05) is 39.1 Å². The minimum absolute atomic E-state index is 0.249. The first-order valence-electron chi connectivity index (χ1n) is 6.98. The van der Waals surface area contributed by atoms with Crippen LogP contribution in [-0.4, -0.2) is 12.0 Å². The number of nitrogens with one attached hydrogen (secondary N) is 1. The Morgan fingerprint density at radius 1 is 1.17 bits per heavy atom. The third kappa shape index (κ3) is 4.40. The molecule has 0 fully saturated rings. The first-order chi connectivity index (χ1) is 10.8. The second-order valence-corrected chi connectivity index (χ2v) is 6.87. The summed E-state index contributed by atoms with van der Waals surface area (Å²) >= 11 is 15.4. The molecule has 0 aliphatic rings. The molecule has 122 valence electrons. The van der Waals surface area contributed by atoms with Gasteiger partial charge in [0.15, 0.2) is 6.10 Å². The predicted molar refractivity (Wildman–Crippen MR) is 98.8 cm³/mol. The zero-order chi connectivity index (χ0) is 17.1. The maximum absolute atomic E-state index is 12.3. The molecule has 0 heterocycles. The number of hydrogen-bond acceptors (Lipinski definition) is 2. The molecule has 2 aromatic rings. The van der Waals surface area contributed by atoms with Gasteiger partial charge in [0.05, 0.1) is 5.02 Å². The summed E-state index contributed by atoms with van der Waals surface area (Å²) in [5.41, 5.74) is 2.84. The number of amides is 1. The number of carbonyl (C=O) groups excluding carboxylic acids is 1. The summed E-state index contributed by atoms with van der Waals surface area (Å²) in [6, 6.07) is 8.64. The molecule has 2 rings (SSSR count). The molecule has 1 amide bonds. The van der Waals surface area contributed by atoms with Crippen molar-refractivity contribution < 1.29 is 9.53 Å². The van der Waals surface area contributed by atoms with Gasteiger partial charge in [-0.2, -0.15) is 0 Å². The largest absolute Gasteiger partial charge is 0.479 e. The van der Waals surface area contributed by atoms with Gasteiger partial charge in [0.25, 0.3) is 5.91 Å². The van der Waals surface area contributed by atoms with Crippen molar-refractivity contribution in [1.82, 2.24) is 0 Å². The first kappa shape index (κ1) is 18.1. The maximum Gasteiger partial charge on any atom is 0.265 e. The quantitative estimate of drug-likeness (QED) is 0.685. The molecule has 6 heteroatoms. The number of benzene rings is 2. The number of anilines is 1. The SMILES string of the molecule is Cc1c(Br)ccc(NC(=O)[C@@H](C)Oc2ccc(Cl)cc2Cl)c1C. The molecule has 0 aromatic heterocycles. The van der Waals surface area contributed by atoms with Crippen LogP contribution >= 0.6 is 39.1 Å². The lowest BCUT2D eigenvalue weighted by Crippen LogP contribution is -2.30. The van der Waals surface area contributed by atoms with Crippen LogP contribution in [0, 0.1) is 13.8 Å².